The molecule has 1 aliphatic carbocycles. The Kier molecular flexibility index (Phi) is 5.45. The molecule has 0 spiro atoms. The van der Waals surface area contributed by atoms with Gasteiger partial charge in [0.25, 0.3) is 0 Å². The topological polar surface area (TPSA) is 111 Å². The quantitative estimate of drug-likeness (QED) is 0.517. The number of aliphatic hydroxyl groups is 1. The third-order valence-corrected chi connectivity index (χ3v) is 5.48. The van der Waals surface area contributed by atoms with E-state index in [1.165, 1.54) is 54.9 Å². The van der Waals surface area contributed by atoms with Gasteiger partial charge in [-0.05, 0) is 50.3 Å². The largest absolute Gasteiger partial charge is 0.494 e. The molecule has 162 valence electrons. The van der Waals surface area contributed by atoms with Gasteiger partial charge in [-0.15, -0.1) is 0 Å². The van der Waals surface area contributed by atoms with E-state index in [0.717, 1.165) is 11.6 Å². The minimum Gasteiger partial charge on any atom is -0.494 e. The second kappa shape index (κ2) is 8.07. The predicted octanol–water partition coefficient (Wildman–Crippen LogP) is 3.58. The number of fused-ring (bicyclic) bond motifs is 3. The Morgan fingerprint density at radius 3 is 2.58 bits per heavy atom. The van der Waals surface area contributed by atoms with Crippen LogP contribution in [0.15, 0.2) is 36.8 Å². The fourth-order valence-corrected chi connectivity index (χ4v) is 3.52. The second-order valence-electron chi connectivity index (χ2n) is 8.13. The molecule has 3 N–H and O–H groups in total. The van der Waals surface area contributed by atoms with Gasteiger partial charge in [-0.25, -0.2) is 14.4 Å². The number of hydrogen-bond donors (Lipinski definition) is 2. The van der Waals surface area contributed by atoms with Crippen LogP contribution in [0.1, 0.15) is 50.3 Å². The Balaban J connectivity index is 0.000000152. The fraction of sp³-hybridized carbons (Fsp3) is 0.364. The van der Waals surface area contributed by atoms with Crippen LogP contribution in [0, 0.1) is 5.82 Å². The van der Waals surface area contributed by atoms with Gasteiger partial charge in [0.1, 0.15) is 29.0 Å². The van der Waals surface area contributed by atoms with Gasteiger partial charge in [-0.1, -0.05) is 12.5 Å². The van der Waals surface area contributed by atoms with Crippen molar-refractivity contribution in [2.75, 3.05) is 12.8 Å². The van der Waals surface area contributed by atoms with Crippen LogP contribution in [0.2, 0.25) is 0 Å². The van der Waals surface area contributed by atoms with Gasteiger partial charge in [0.15, 0.2) is 5.65 Å². The number of halogens is 1. The summed E-state index contributed by atoms with van der Waals surface area (Å²) in [6.07, 6.45) is 7.19. The first-order chi connectivity index (χ1) is 14.8. The molecule has 0 bridgehead atoms. The molecular formula is C22H25FN6O2. The SMILES string of the molecule is CC(C)(O)c1ccc(C2CCC2)cn1.COc1cc(F)cc2c1nc(N)n1ncnc21. The van der Waals surface area contributed by atoms with E-state index in [-0.39, 0.29) is 5.95 Å². The van der Waals surface area contributed by atoms with Crippen LogP contribution in [0.3, 0.4) is 0 Å². The summed E-state index contributed by atoms with van der Waals surface area (Å²) in [5, 5.41) is 14.1. The number of nitrogens with two attached hydrogens (primary N) is 1. The zero-order valence-electron chi connectivity index (χ0n) is 17.7. The Bertz CT molecular complexity index is 1210. The minimum absolute atomic E-state index is 0.176. The number of anilines is 1. The molecule has 4 aromatic rings. The number of hydrogen-bond acceptors (Lipinski definition) is 7. The highest BCUT2D eigenvalue weighted by atomic mass is 19.1. The minimum atomic E-state index is -0.821. The van der Waals surface area contributed by atoms with E-state index in [4.69, 9.17) is 10.5 Å². The Labute approximate surface area is 178 Å². The van der Waals surface area contributed by atoms with Gasteiger partial charge in [0.05, 0.1) is 18.2 Å². The monoisotopic (exact) mass is 424 g/mol. The van der Waals surface area contributed by atoms with E-state index < -0.39 is 11.4 Å². The third-order valence-electron chi connectivity index (χ3n) is 5.48. The van der Waals surface area contributed by atoms with Gasteiger partial charge >= 0.3 is 0 Å². The molecule has 0 amide bonds. The standard InChI is InChI=1S/C12H17NO.C10H8FN5O/c1-12(2,14)11-7-6-10(8-13-11)9-4-3-5-9;1-17-7-3-5(11)2-6-8(7)15-10(12)16-9(6)13-4-14-16/h6-9,14H,3-5H2,1-2H3;2-4H,1H3,(H2,12,15). The Morgan fingerprint density at radius 1 is 1.23 bits per heavy atom. The van der Waals surface area contributed by atoms with Crippen molar-refractivity contribution in [2.24, 2.45) is 0 Å². The van der Waals surface area contributed by atoms with Crippen molar-refractivity contribution in [1.29, 1.82) is 0 Å². The van der Waals surface area contributed by atoms with E-state index >= 15 is 0 Å². The summed E-state index contributed by atoms with van der Waals surface area (Å²) in [5.41, 5.74) is 7.90. The number of nitrogens with zero attached hydrogens (tertiary/aromatic N) is 5. The molecule has 1 aliphatic rings. The highest BCUT2D eigenvalue weighted by Crippen LogP contribution is 2.36. The fourth-order valence-electron chi connectivity index (χ4n) is 3.52. The summed E-state index contributed by atoms with van der Waals surface area (Å²) >= 11 is 0. The lowest BCUT2D eigenvalue weighted by Gasteiger charge is -2.26. The van der Waals surface area contributed by atoms with Gasteiger partial charge in [-0.2, -0.15) is 9.61 Å². The van der Waals surface area contributed by atoms with E-state index in [2.05, 4.69) is 26.1 Å². The number of benzene rings is 1. The molecule has 1 saturated carbocycles. The molecule has 0 atom stereocenters. The van der Waals surface area contributed by atoms with E-state index in [9.17, 15) is 9.50 Å². The molecule has 0 radical (unpaired) electrons. The van der Waals surface area contributed by atoms with E-state index in [1.807, 2.05) is 12.3 Å². The molecule has 8 nitrogen and oxygen atoms in total. The predicted molar refractivity (Wildman–Crippen MR) is 115 cm³/mol. The van der Waals surface area contributed by atoms with Crippen molar-refractivity contribution in [2.45, 2.75) is 44.6 Å². The van der Waals surface area contributed by atoms with Crippen LogP contribution in [0.5, 0.6) is 5.75 Å². The normalized spacial score (nSPS) is 14.2. The Hall–Kier alpha value is -3.33. The number of rotatable bonds is 3. The summed E-state index contributed by atoms with van der Waals surface area (Å²) < 4.78 is 19.8. The lowest BCUT2D eigenvalue weighted by Crippen LogP contribution is -2.18. The zero-order chi connectivity index (χ0) is 22.2. The van der Waals surface area contributed by atoms with Gasteiger partial charge in [0.2, 0.25) is 5.95 Å². The van der Waals surface area contributed by atoms with Crippen molar-refractivity contribution in [3.05, 3.63) is 53.9 Å². The smallest absolute Gasteiger partial charge is 0.223 e. The van der Waals surface area contributed by atoms with Crippen LogP contribution in [0.25, 0.3) is 16.6 Å². The first kappa shape index (κ1) is 20.9. The van der Waals surface area contributed by atoms with Crippen LogP contribution in [0.4, 0.5) is 10.3 Å². The van der Waals surface area contributed by atoms with Crippen molar-refractivity contribution < 1.29 is 14.2 Å². The molecule has 3 heterocycles. The number of aromatic nitrogens is 5. The molecule has 0 unspecified atom stereocenters. The summed E-state index contributed by atoms with van der Waals surface area (Å²) in [7, 11) is 1.44. The number of pyridine rings is 1. The average Bonchev–Trinajstić information content (AvgIpc) is 3.18. The first-order valence-corrected chi connectivity index (χ1v) is 10.1. The van der Waals surface area contributed by atoms with Crippen LogP contribution >= 0.6 is 0 Å². The Morgan fingerprint density at radius 2 is 2.00 bits per heavy atom. The van der Waals surface area contributed by atoms with Gasteiger partial charge < -0.3 is 15.6 Å². The van der Waals surface area contributed by atoms with E-state index in [1.54, 1.807) is 13.8 Å². The maximum Gasteiger partial charge on any atom is 0.223 e. The molecule has 31 heavy (non-hydrogen) atoms. The molecule has 1 fully saturated rings. The number of nitrogen functional groups attached to an aromatic ring is 1. The van der Waals surface area contributed by atoms with Crippen molar-refractivity contribution in [3.63, 3.8) is 0 Å². The van der Waals surface area contributed by atoms with Gasteiger partial charge in [0, 0.05) is 12.3 Å². The second-order valence-corrected chi connectivity index (χ2v) is 8.13. The molecule has 5 rings (SSSR count). The summed E-state index contributed by atoms with van der Waals surface area (Å²) in [5.74, 6) is 0.788. The summed E-state index contributed by atoms with van der Waals surface area (Å²) in [4.78, 5) is 12.5. The number of ether oxygens (including phenoxy) is 1. The molecular weight excluding hydrogens is 399 g/mol. The molecule has 0 aliphatic heterocycles. The van der Waals surface area contributed by atoms with Crippen molar-refractivity contribution >= 4 is 22.5 Å². The van der Waals surface area contributed by atoms with Crippen LogP contribution in [-0.2, 0) is 5.60 Å². The highest BCUT2D eigenvalue weighted by Gasteiger charge is 2.22. The van der Waals surface area contributed by atoms with E-state index in [0.29, 0.717) is 22.3 Å². The lowest BCUT2D eigenvalue weighted by atomic mass is 9.80. The first-order valence-electron chi connectivity index (χ1n) is 10.1. The van der Waals surface area contributed by atoms with Crippen molar-refractivity contribution in [1.82, 2.24) is 24.6 Å². The lowest BCUT2D eigenvalue weighted by molar-refractivity contribution is 0.0738. The maximum atomic E-state index is 13.4. The van der Waals surface area contributed by atoms with Crippen molar-refractivity contribution in [3.8, 4) is 5.75 Å². The average molecular weight is 424 g/mol. The van der Waals surface area contributed by atoms with Crippen LogP contribution in [-0.4, -0.2) is 36.8 Å². The molecule has 1 aromatic carbocycles. The molecule has 0 saturated heterocycles. The maximum absolute atomic E-state index is 13.4. The number of methoxy groups -OCH3 is 1. The summed E-state index contributed by atoms with van der Waals surface area (Å²) in [6, 6.07) is 6.62. The highest BCUT2D eigenvalue weighted by molar-refractivity contribution is 5.95. The molecule has 9 heteroatoms. The van der Waals surface area contributed by atoms with Gasteiger partial charge in [-0.3, -0.25) is 4.98 Å². The molecule has 3 aromatic heterocycles. The van der Waals surface area contributed by atoms with Crippen LogP contribution < -0.4 is 10.5 Å². The third kappa shape index (κ3) is 4.13. The zero-order valence-corrected chi connectivity index (χ0v) is 17.7. The summed E-state index contributed by atoms with van der Waals surface area (Å²) in [6.45, 7) is 3.52.